The van der Waals surface area contributed by atoms with E-state index in [1.54, 1.807) is 22.8 Å². The summed E-state index contributed by atoms with van der Waals surface area (Å²) in [6.45, 7) is 4.60. The van der Waals surface area contributed by atoms with Crippen molar-refractivity contribution in [2.24, 2.45) is 0 Å². The fourth-order valence-corrected chi connectivity index (χ4v) is 6.00. The third-order valence-corrected chi connectivity index (χ3v) is 7.67. The number of nitrogens with zero attached hydrogens (tertiary/aromatic N) is 1. The van der Waals surface area contributed by atoms with Gasteiger partial charge in [0.2, 0.25) is 10.0 Å². The number of aromatic nitrogens is 1. The Bertz CT molecular complexity index is 1370. The first-order valence-electron chi connectivity index (χ1n) is 10.2. The quantitative estimate of drug-likeness (QED) is 0.436. The van der Waals surface area contributed by atoms with E-state index in [-0.39, 0.29) is 9.77 Å². The largest absolute Gasteiger partial charge is 0.308 e. The average molecular weight is 453 g/mol. The second-order valence-corrected chi connectivity index (χ2v) is 10.2. The van der Waals surface area contributed by atoms with Crippen molar-refractivity contribution in [2.75, 3.05) is 0 Å². The lowest BCUT2D eigenvalue weighted by atomic mass is 9.96. The fraction of sp³-hybridized carbons (Fsp3) is 0.208. The van der Waals surface area contributed by atoms with Crippen molar-refractivity contribution >= 4 is 31.6 Å². The molecule has 0 aliphatic heterocycles. The van der Waals surface area contributed by atoms with Gasteiger partial charge < -0.3 is 0 Å². The van der Waals surface area contributed by atoms with Crippen LogP contribution in [0.2, 0.25) is 0 Å². The van der Waals surface area contributed by atoms with Gasteiger partial charge in [-0.2, -0.15) is 4.72 Å². The molecule has 5 nitrogen and oxygen atoms in total. The summed E-state index contributed by atoms with van der Waals surface area (Å²) in [6, 6.07) is 21.7. The molecular formula is C24H24N2O3S2. The fourth-order valence-electron chi connectivity index (χ4n) is 3.74. The topological polar surface area (TPSA) is 68.2 Å². The minimum Gasteiger partial charge on any atom is -0.299 e. The van der Waals surface area contributed by atoms with Gasteiger partial charge in [0, 0.05) is 6.54 Å². The zero-order chi connectivity index (χ0) is 22.0. The minimum absolute atomic E-state index is 0.0681. The van der Waals surface area contributed by atoms with Gasteiger partial charge in [-0.25, -0.2) is 8.42 Å². The maximum atomic E-state index is 13.4. The molecule has 3 aromatic carbocycles. The molecule has 0 aliphatic carbocycles. The number of sulfonamides is 1. The van der Waals surface area contributed by atoms with Crippen LogP contribution in [-0.2, 0) is 16.6 Å². The molecule has 0 fully saturated rings. The van der Waals surface area contributed by atoms with Crippen molar-refractivity contribution in [3.63, 3.8) is 0 Å². The van der Waals surface area contributed by atoms with Gasteiger partial charge in [-0.05, 0) is 48.2 Å². The van der Waals surface area contributed by atoms with Gasteiger partial charge >= 0.3 is 4.87 Å². The molecule has 7 heteroatoms. The molecule has 0 saturated heterocycles. The summed E-state index contributed by atoms with van der Waals surface area (Å²) in [5.41, 5.74) is 3.54. The predicted molar refractivity (Wildman–Crippen MR) is 126 cm³/mol. The van der Waals surface area contributed by atoms with Gasteiger partial charge in [0.1, 0.15) is 0 Å². The lowest BCUT2D eigenvalue weighted by Gasteiger charge is -2.21. The highest BCUT2D eigenvalue weighted by atomic mass is 32.2. The minimum atomic E-state index is -3.83. The molecule has 0 aliphatic rings. The average Bonchev–Trinajstić information content (AvgIpc) is 3.08. The number of thiazole rings is 1. The van der Waals surface area contributed by atoms with Crippen LogP contribution in [0.25, 0.3) is 10.2 Å². The molecule has 1 aromatic heterocycles. The van der Waals surface area contributed by atoms with E-state index in [1.165, 1.54) is 0 Å². The molecule has 1 N–H and O–H groups in total. The molecule has 1 atom stereocenters. The van der Waals surface area contributed by atoms with Crippen molar-refractivity contribution in [1.29, 1.82) is 0 Å². The SMILES string of the molecule is CCCn1c(=O)sc2cc(S(=O)(=O)N[C@H](c3ccccc3)c3ccccc3C)ccc21. The summed E-state index contributed by atoms with van der Waals surface area (Å²) in [6.07, 6.45) is 0.836. The lowest BCUT2D eigenvalue weighted by molar-refractivity contribution is 0.572. The molecule has 0 bridgehead atoms. The highest BCUT2D eigenvalue weighted by Crippen LogP contribution is 2.28. The second-order valence-electron chi connectivity index (χ2n) is 7.47. The van der Waals surface area contributed by atoms with Crippen LogP contribution in [0.1, 0.15) is 36.1 Å². The summed E-state index contributed by atoms with van der Waals surface area (Å²) in [7, 11) is -3.83. The molecule has 160 valence electrons. The predicted octanol–water partition coefficient (Wildman–Crippen LogP) is 4.85. The number of hydrogen-bond acceptors (Lipinski definition) is 4. The van der Waals surface area contributed by atoms with E-state index in [4.69, 9.17) is 0 Å². The van der Waals surface area contributed by atoms with E-state index < -0.39 is 16.1 Å². The monoisotopic (exact) mass is 452 g/mol. The van der Waals surface area contributed by atoms with Crippen molar-refractivity contribution in [3.05, 3.63) is 99.2 Å². The van der Waals surface area contributed by atoms with Gasteiger partial charge in [-0.15, -0.1) is 0 Å². The third-order valence-electron chi connectivity index (χ3n) is 5.30. The first-order valence-corrected chi connectivity index (χ1v) is 12.5. The number of benzene rings is 3. The highest BCUT2D eigenvalue weighted by Gasteiger charge is 2.24. The van der Waals surface area contributed by atoms with Crippen molar-refractivity contribution in [1.82, 2.24) is 9.29 Å². The molecule has 0 unspecified atom stereocenters. The molecule has 4 aromatic rings. The number of aryl methyl sites for hydroxylation is 2. The number of fused-ring (bicyclic) bond motifs is 1. The molecule has 0 saturated carbocycles. The lowest BCUT2D eigenvalue weighted by Crippen LogP contribution is -2.30. The Morgan fingerprint density at radius 2 is 1.71 bits per heavy atom. The van der Waals surface area contributed by atoms with Crippen LogP contribution in [0.15, 0.2) is 82.5 Å². The van der Waals surface area contributed by atoms with E-state index in [0.717, 1.165) is 40.0 Å². The number of rotatable bonds is 7. The van der Waals surface area contributed by atoms with Crippen LogP contribution in [0.5, 0.6) is 0 Å². The first-order chi connectivity index (χ1) is 14.9. The van der Waals surface area contributed by atoms with Crippen LogP contribution >= 0.6 is 11.3 Å². The Kier molecular flexibility index (Phi) is 6.09. The standard InChI is InChI=1S/C24H24N2O3S2/c1-3-15-26-21-14-13-19(16-22(21)30-24(26)27)31(28,29)25-23(18-10-5-4-6-11-18)20-12-8-7-9-17(20)2/h4-14,16,23,25H,3,15H2,1-2H3/t23-/m1/s1. The van der Waals surface area contributed by atoms with Gasteiger partial charge in [0.05, 0.1) is 21.2 Å². The molecule has 4 rings (SSSR count). The van der Waals surface area contributed by atoms with Gasteiger partial charge in [-0.3, -0.25) is 9.36 Å². The Hall–Kier alpha value is -2.74. The van der Waals surface area contributed by atoms with Crippen LogP contribution < -0.4 is 9.60 Å². The Balaban J connectivity index is 1.76. The van der Waals surface area contributed by atoms with E-state index in [0.29, 0.717) is 11.2 Å². The van der Waals surface area contributed by atoms with Crippen LogP contribution in [0.4, 0.5) is 0 Å². The summed E-state index contributed by atoms with van der Waals surface area (Å²) in [5, 5.41) is 0. The van der Waals surface area contributed by atoms with Crippen LogP contribution in [-0.4, -0.2) is 13.0 Å². The maximum Gasteiger partial charge on any atom is 0.308 e. The number of hydrogen-bond donors (Lipinski definition) is 1. The van der Waals surface area contributed by atoms with Gasteiger partial charge in [0.25, 0.3) is 0 Å². The molecular weight excluding hydrogens is 428 g/mol. The Morgan fingerprint density at radius 3 is 2.42 bits per heavy atom. The second kappa shape index (κ2) is 8.78. The molecule has 0 amide bonds. The summed E-state index contributed by atoms with van der Waals surface area (Å²) < 4.78 is 32.0. The van der Waals surface area contributed by atoms with E-state index >= 15 is 0 Å². The van der Waals surface area contributed by atoms with Crippen molar-refractivity contribution in [2.45, 2.75) is 37.8 Å². The van der Waals surface area contributed by atoms with Crippen molar-refractivity contribution in [3.8, 4) is 0 Å². The molecule has 31 heavy (non-hydrogen) atoms. The third kappa shape index (κ3) is 4.35. The summed E-state index contributed by atoms with van der Waals surface area (Å²) in [4.78, 5) is 12.4. The van der Waals surface area contributed by atoms with Gasteiger partial charge in [0.15, 0.2) is 0 Å². The molecule has 1 heterocycles. The highest BCUT2D eigenvalue weighted by molar-refractivity contribution is 7.89. The van der Waals surface area contributed by atoms with Gasteiger partial charge in [-0.1, -0.05) is 72.9 Å². The Labute approximate surface area is 186 Å². The zero-order valence-corrected chi connectivity index (χ0v) is 19.0. The summed E-state index contributed by atoms with van der Waals surface area (Å²) >= 11 is 1.08. The smallest absolute Gasteiger partial charge is 0.299 e. The molecule has 0 spiro atoms. The summed E-state index contributed by atoms with van der Waals surface area (Å²) in [5.74, 6) is 0. The first kappa shape index (κ1) is 21.5. The molecule has 0 radical (unpaired) electrons. The zero-order valence-electron chi connectivity index (χ0n) is 17.4. The maximum absolute atomic E-state index is 13.4. The Morgan fingerprint density at radius 1 is 1.00 bits per heavy atom. The van der Waals surface area contributed by atoms with E-state index in [9.17, 15) is 13.2 Å². The van der Waals surface area contributed by atoms with Crippen LogP contribution in [0, 0.1) is 6.92 Å². The number of nitrogens with one attached hydrogen (secondary N) is 1. The van der Waals surface area contributed by atoms with Crippen molar-refractivity contribution < 1.29 is 8.42 Å². The van der Waals surface area contributed by atoms with Crippen LogP contribution in [0.3, 0.4) is 0 Å². The van der Waals surface area contributed by atoms with E-state index in [2.05, 4.69) is 4.72 Å². The van der Waals surface area contributed by atoms with E-state index in [1.807, 2.05) is 68.4 Å². The normalized spacial score (nSPS) is 12.8.